The molecule has 2 heterocycles. The Labute approximate surface area is 157 Å². The molecular formula is C18H25N5O4. The van der Waals surface area contributed by atoms with Gasteiger partial charge in [0.25, 0.3) is 0 Å². The van der Waals surface area contributed by atoms with Crippen LogP contribution < -0.4 is 10.6 Å². The number of hydrogen-bond donors (Lipinski definition) is 3. The first-order valence-electron chi connectivity index (χ1n) is 9.09. The third-order valence-electron chi connectivity index (χ3n) is 4.41. The lowest BCUT2D eigenvalue weighted by molar-refractivity contribution is -0.115. The largest absolute Gasteiger partial charge is 0.449 e. The van der Waals surface area contributed by atoms with Gasteiger partial charge in [0, 0.05) is 29.8 Å². The molecule has 2 aromatic heterocycles. The smallest absolute Gasteiger partial charge is 0.407 e. The van der Waals surface area contributed by atoms with Gasteiger partial charge in [-0.3, -0.25) is 9.89 Å². The zero-order chi connectivity index (χ0) is 19.4. The van der Waals surface area contributed by atoms with Crippen molar-refractivity contribution in [1.29, 1.82) is 0 Å². The second-order valence-electron chi connectivity index (χ2n) is 7.30. The van der Waals surface area contributed by atoms with Crippen molar-refractivity contribution in [3.63, 3.8) is 0 Å². The Morgan fingerprint density at radius 1 is 1.37 bits per heavy atom. The van der Waals surface area contributed by atoms with Crippen LogP contribution in [0.1, 0.15) is 49.8 Å². The molecule has 2 amide bonds. The van der Waals surface area contributed by atoms with Gasteiger partial charge in [-0.05, 0) is 39.5 Å². The van der Waals surface area contributed by atoms with E-state index in [1.165, 1.54) is 0 Å². The van der Waals surface area contributed by atoms with Crippen LogP contribution in [0.2, 0.25) is 0 Å². The highest BCUT2D eigenvalue weighted by Crippen LogP contribution is 2.41. The lowest BCUT2D eigenvalue weighted by atomic mass is 9.74. The van der Waals surface area contributed by atoms with Gasteiger partial charge in [0.15, 0.2) is 5.82 Å². The summed E-state index contributed by atoms with van der Waals surface area (Å²) in [5, 5.41) is 16.3. The predicted molar refractivity (Wildman–Crippen MR) is 97.2 cm³/mol. The molecule has 3 rings (SSSR count). The molecule has 0 unspecified atom stereocenters. The van der Waals surface area contributed by atoms with Gasteiger partial charge < -0.3 is 19.9 Å². The van der Waals surface area contributed by atoms with Crippen LogP contribution in [0, 0.1) is 12.8 Å². The summed E-state index contributed by atoms with van der Waals surface area (Å²) >= 11 is 0. The normalized spacial score (nSPS) is 18.8. The van der Waals surface area contributed by atoms with Crippen molar-refractivity contribution in [2.45, 2.75) is 52.0 Å². The van der Waals surface area contributed by atoms with Gasteiger partial charge in [0.1, 0.15) is 5.76 Å². The molecule has 1 fully saturated rings. The summed E-state index contributed by atoms with van der Waals surface area (Å²) in [4.78, 5) is 23.5. The fraction of sp³-hybridized carbons (Fsp3) is 0.556. The van der Waals surface area contributed by atoms with Crippen molar-refractivity contribution in [2.75, 3.05) is 11.9 Å². The Morgan fingerprint density at radius 3 is 2.81 bits per heavy atom. The van der Waals surface area contributed by atoms with E-state index in [2.05, 4.69) is 26.0 Å². The third kappa shape index (κ3) is 5.32. The van der Waals surface area contributed by atoms with Crippen LogP contribution >= 0.6 is 0 Å². The maximum Gasteiger partial charge on any atom is 0.407 e. The molecule has 9 heteroatoms. The molecule has 0 spiro atoms. The monoisotopic (exact) mass is 375 g/mol. The van der Waals surface area contributed by atoms with Gasteiger partial charge in [0.2, 0.25) is 5.91 Å². The van der Waals surface area contributed by atoms with Crippen molar-refractivity contribution < 1.29 is 18.8 Å². The predicted octanol–water partition coefficient (Wildman–Crippen LogP) is 2.52. The minimum absolute atomic E-state index is 0.0679. The highest BCUT2D eigenvalue weighted by Gasteiger charge is 2.32. The third-order valence-corrected chi connectivity index (χ3v) is 4.41. The fourth-order valence-corrected chi connectivity index (χ4v) is 3.05. The summed E-state index contributed by atoms with van der Waals surface area (Å²) in [6.45, 7) is 6.01. The van der Waals surface area contributed by atoms with Crippen LogP contribution in [-0.2, 0) is 16.0 Å². The topological polar surface area (TPSA) is 122 Å². The molecule has 0 saturated heterocycles. The molecule has 9 nitrogen and oxygen atoms in total. The second-order valence-corrected chi connectivity index (χ2v) is 7.30. The van der Waals surface area contributed by atoms with E-state index in [4.69, 9.17) is 9.26 Å². The number of aromatic nitrogens is 3. The Balaban J connectivity index is 1.40. The molecular weight excluding hydrogens is 350 g/mol. The minimum Gasteiger partial charge on any atom is -0.449 e. The summed E-state index contributed by atoms with van der Waals surface area (Å²) in [7, 11) is 0. The van der Waals surface area contributed by atoms with E-state index in [9.17, 15) is 9.59 Å². The number of anilines is 1. The first-order chi connectivity index (χ1) is 12.9. The van der Waals surface area contributed by atoms with Crippen molar-refractivity contribution in [3.05, 3.63) is 29.3 Å². The Hall–Kier alpha value is -2.84. The summed E-state index contributed by atoms with van der Waals surface area (Å²) in [6, 6.07) is 3.64. The maximum absolute atomic E-state index is 12.0. The van der Waals surface area contributed by atoms with Gasteiger partial charge in [-0.25, -0.2) is 4.79 Å². The van der Waals surface area contributed by atoms with E-state index in [1.807, 2.05) is 19.9 Å². The molecule has 1 saturated carbocycles. The molecule has 1 aliphatic carbocycles. The number of carbonyl (C=O) groups is 2. The van der Waals surface area contributed by atoms with E-state index in [0.717, 1.165) is 24.2 Å². The van der Waals surface area contributed by atoms with Crippen LogP contribution in [-0.4, -0.2) is 40.0 Å². The number of H-pyrrole nitrogens is 1. The van der Waals surface area contributed by atoms with Crippen LogP contribution in [0.5, 0.6) is 0 Å². The summed E-state index contributed by atoms with van der Waals surface area (Å²) in [5.41, 5.74) is 1.72. The number of alkyl carbamates (subject to hydrolysis) is 1. The Bertz CT molecular complexity index is 791. The minimum atomic E-state index is -0.373. The zero-order valence-corrected chi connectivity index (χ0v) is 15.7. The average Bonchev–Trinajstić information content (AvgIpc) is 3.14. The molecule has 0 aliphatic heterocycles. The average molecular weight is 375 g/mol. The van der Waals surface area contributed by atoms with E-state index < -0.39 is 0 Å². The maximum atomic E-state index is 12.0. The van der Waals surface area contributed by atoms with E-state index in [1.54, 1.807) is 13.0 Å². The second kappa shape index (κ2) is 8.24. The molecule has 146 valence electrons. The van der Waals surface area contributed by atoms with Gasteiger partial charge in [0.05, 0.1) is 18.7 Å². The van der Waals surface area contributed by atoms with Crippen molar-refractivity contribution in [3.8, 4) is 0 Å². The summed E-state index contributed by atoms with van der Waals surface area (Å²) in [6.07, 6.45) is 1.58. The quantitative estimate of drug-likeness (QED) is 0.683. The highest BCUT2D eigenvalue weighted by molar-refractivity contribution is 5.91. The zero-order valence-electron chi connectivity index (χ0n) is 15.7. The molecule has 27 heavy (non-hydrogen) atoms. The van der Waals surface area contributed by atoms with Crippen LogP contribution in [0.25, 0.3) is 0 Å². The summed E-state index contributed by atoms with van der Waals surface area (Å²) in [5.74, 6) is 1.48. The number of carbonyl (C=O) groups excluding carboxylic acids is 2. The number of hydrogen-bond acceptors (Lipinski definition) is 6. The molecule has 2 aromatic rings. The number of rotatable bonds is 7. The van der Waals surface area contributed by atoms with Gasteiger partial charge in [-0.15, -0.1) is 0 Å². The van der Waals surface area contributed by atoms with Crippen molar-refractivity contribution in [2.24, 2.45) is 5.92 Å². The molecule has 0 radical (unpaired) electrons. The highest BCUT2D eigenvalue weighted by atomic mass is 16.5. The molecule has 1 aliphatic rings. The van der Waals surface area contributed by atoms with E-state index >= 15 is 0 Å². The molecule has 0 atom stereocenters. The Kier molecular flexibility index (Phi) is 5.78. The van der Waals surface area contributed by atoms with Crippen LogP contribution in [0.4, 0.5) is 10.6 Å². The first-order valence-corrected chi connectivity index (χ1v) is 9.09. The van der Waals surface area contributed by atoms with E-state index in [0.29, 0.717) is 30.0 Å². The van der Waals surface area contributed by atoms with Gasteiger partial charge >= 0.3 is 6.09 Å². The van der Waals surface area contributed by atoms with Gasteiger partial charge in [-0.2, -0.15) is 5.10 Å². The van der Waals surface area contributed by atoms with Crippen LogP contribution in [0.15, 0.2) is 16.7 Å². The SMILES string of the molecule is Cc1cc(CC(=O)Nc2cc([C@H]3C[C@H](COC(=O)NC(C)C)C3)[nH]n2)on1. The number of aromatic amines is 1. The fourth-order valence-electron chi connectivity index (χ4n) is 3.05. The lowest BCUT2D eigenvalue weighted by Crippen LogP contribution is -2.34. The standard InChI is InChI=1S/C18H25N5O4/c1-10(2)19-18(25)26-9-12-5-13(6-12)15-8-16(22-21-15)20-17(24)7-14-4-11(3)23-27-14/h4,8,10,12-13H,5-7,9H2,1-3H3,(H,19,25)(H2,20,21,22,24)/t12-,13-. The number of nitrogens with one attached hydrogen (secondary N) is 3. The molecule has 3 N–H and O–H groups in total. The summed E-state index contributed by atoms with van der Waals surface area (Å²) < 4.78 is 10.2. The number of ether oxygens (including phenoxy) is 1. The molecule has 0 bridgehead atoms. The Morgan fingerprint density at radius 2 is 2.15 bits per heavy atom. The molecule has 0 aromatic carbocycles. The lowest BCUT2D eigenvalue weighted by Gasteiger charge is -2.34. The van der Waals surface area contributed by atoms with Crippen molar-refractivity contribution in [1.82, 2.24) is 20.7 Å². The first kappa shape index (κ1) is 18.9. The number of aryl methyl sites for hydroxylation is 1. The number of amides is 2. The van der Waals surface area contributed by atoms with Crippen LogP contribution in [0.3, 0.4) is 0 Å². The number of nitrogens with zero attached hydrogens (tertiary/aromatic N) is 2. The van der Waals surface area contributed by atoms with Gasteiger partial charge in [-0.1, -0.05) is 5.16 Å². The van der Waals surface area contributed by atoms with E-state index in [-0.39, 0.29) is 24.5 Å². The van der Waals surface area contributed by atoms with Crippen molar-refractivity contribution >= 4 is 17.8 Å².